The Bertz CT molecular complexity index is 485. The number of carboxylic acid groups (broad SMARTS) is 1. The van der Waals surface area contributed by atoms with E-state index in [4.69, 9.17) is 9.84 Å². The van der Waals surface area contributed by atoms with Crippen molar-refractivity contribution in [2.24, 2.45) is 0 Å². The summed E-state index contributed by atoms with van der Waals surface area (Å²) >= 11 is 0. The van der Waals surface area contributed by atoms with E-state index in [0.29, 0.717) is 32.4 Å². The minimum absolute atomic E-state index is 0.108. The van der Waals surface area contributed by atoms with Gasteiger partial charge in [0.25, 0.3) is 0 Å². The zero-order valence-corrected chi connectivity index (χ0v) is 14.9. The lowest BCUT2D eigenvalue weighted by atomic mass is 9.80. The summed E-state index contributed by atoms with van der Waals surface area (Å²) in [4.78, 5) is 38.0. The standard InChI is InChI=1S/C17H29N3O5/c1-2-6-13(11-14(21)22)18-15(23)17(7-4-3-5-8-17)19-16(24)20-9-10-25-12-20/h13H,2-12H2,1H3,(H,18,23)(H,19,24)(H,21,22)/t13-/m0/s1. The van der Waals surface area contributed by atoms with Gasteiger partial charge in [0.15, 0.2) is 0 Å². The van der Waals surface area contributed by atoms with Crippen molar-refractivity contribution in [3.05, 3.63) is 0 Å². The SMILES string of the molecule is CCC[C@@H](CC(=O)O)NC(=O)C1(NC(=O)N2CCOC2)CCCCC1. The Labute approximate surface area is 148 Å². The third kappa shape index (κ3) is 5.32. The average Bonchev–Trinajstić information content (AvgIpc) is 3.10. The molecular weight excluding hydrogens is 326 g/mol. The number of carbonyl (C=O) groups excluding carboxylic acids is 2. The lowest BCUT2D eigenvalue weighted by Gasteiger charge is -2.38. The van der Waals surface area contributed by atoms with Crippen LogP contribution >= 0.6 is 0 Å². The number of urea groups is 1. The Hall–Kier alpha value is -1.83. The van der Waals surface area contributed by atoms with Gasteiger partial charge in [0.1, 0.15) is 12.3 Å². The molecule has 0 bridgehead atoms. The highest BCUT2D eigenvalue weighted by atomic mass is 16.5. The van der Waals surface area contributed by atoms with E-state index >= 15 is 0 Å². The summed E-state index contributed by atoms with van der Waals surface area (Å²) in [7, 11) is 0. The van der Waals surface area contributed by atoms with Crippen molar-refractivity contribution in [1.82, 2.24) is 15.5 Å². The fourth-order valence-corrected chi connectivity index (χ4v) is 3.53. The molecule has 0 aromatic heterocycles. The highest BCUT2D eigenvalue weighted by Crippen LogP contribution is 2.29. The van der Waals surface area contributed by atoms with Crippen LogP contribution in [0.5, 0.6) is 0 Å². The van der Waals surface area contributed by atoms with Gasteiger partial charge < -0.3 is 20.5 Å². The van der Waals surface area contributed by atoms with Crippen LogP contribution in [0.25, 0.3) is 0 Å². The van der Waals surface area contributed by atoms with E-state index in [9.17, 15) is 14.4 Å². The van der Waals surface area contributed by atoms with Crippen molar-refractivity contribution in [3.63, 3.8) is 0 Å². The molecule has 1 saturated carbocycles. The first-order valence-corrected chi connectivity index (χ1v) is 9.14. The Balaban J connectivity index is 2.07. The van der Waals surface area contributed by atoms with Gasteiger partial charge in [-0.3, -0.25) is 14.5 Å². The van der Waals surface area contributed by atoms with Crippen molar-refractivity contribution in [2.45, 2.75) is 69.9 Å². The summed E-state index contributed by atoms with van der Waals surface area (Å²) in [6, 6.07) is -0.708. The van der Waals surface area contributed by atoms with Gasteiger partial charge in [-0.2, -0.15) is 0 Å². The Morgan fingerprint density at radius 1 is 1.24 bits per heavy atom. The molecule has 0 aromatic carbocycles. The molecule has 1 saturated heterocycles. The second-order valence-electron chi connectivity index (χ2n) is 6.93. The van der Waals surface area contributed by atoms with Crippen LogP contribution in [0.4, 0.5) is 4.79 Å². The largest absolute Gasteiger partial charge is 0.481 e. The molecule has 2 aliphatic rings. The number of nitrogens with one attached hydrogen (secondary N) is 2. The van der Waals surface area contributed by atoms with E-state index in [2.05, 4.69) is 10.6 Å². The van der Waals surface area contributed by atoms with E-state index < -0.39 is 17.6 Å². The molecule has 8 heteroatoms. The number of amides is 3. The summed E-state index contributed by atoms with van der Waals surface area (Å²) in [5.74, 6) is -1.20. The van der Waals surface area contributed by atoms with Gasteiger partial charge in [-0.25, -0.2) is 4.79 Å². The number of nitrogens with zero attached hydrogens (tertiary/aromatic N) is 1. The van der Waals surface area contributed by atoms with Crippen LogP contribution in [0.3, 0.4) is 0 Å². The molecule has 1 aliphatic heterocycles. The normalized spacial score (nSPS) is 20.8. The molecule has 0 unspecified atom stereocenters. The molecule has 25 heavy (non-hydrogen) atoms. The van der Waals surface area contributed by atoms with E-state index in [0.717, 1.165) is 25.7 Å². The first-order chi connectivity index (χ1) is 12.0. The van der Waals surface area contributed by atoms with Crippen molar-refractivity contribution >= 4 is 17.9 Å². The first-order valence-electron chi connectivity index (χ1n) is 9.14. The summed E-state index contributed by atoms with van der Waals surface area (Å²) in [6.07, 6.45) is 5.18. The minimum Gasteiger partial charge on any atom is -0.481 e. The fourth-order valence-electron chi connectivity index (χ4n) is 3.53. The van der Waals surface area contributed by atoms with Crippen molar-refractivity contribution < 1.29 is 24.2 Å². The monoisotopic (exact) mass is 355 g/mol. The molecule has 1 heterocycles. The molecule has 1 aliphatic carbocycles. The molecule has 142 valence electrons. The predicted octanol–water partition coefficient (Wildman–Crippen LogP) is 1.45. The Morgan fingerprint density at radius 3 is 2.52 bits per heavy atom. The van der Waals surface area contributed by atoms with Gasteiger partial charge >= 0.3 is 12.0 Å². The maximum atomic E-state index is 13.0. The molecule has 3 amide bonds. The first kappa shape index (κ1) is 19.5. The summed E-state index contributed by atoms with van der Waals surface area (Å²) in [6.45, 7) is 3.21. The maximum Gasteiger partial charge on any atom is 0.320 e. The molecule has 0 aromatic rings. The second-order valence-corrected chi connectivity index (χ2v) is 6.93. The zero-order chi connectivity index (χ0) is 18.3. The van der Waals surface area contributed by atoms with E-state index in [1.165, 1.54) is 0 Å². The van der Waals surface area contributed by atoms with Crippen molar-refractivity contribution in [1.29, 1.82) is 0 Å². The zero-order valence-electron chi connectivity index (χ0n) is 14.9. The molecule has 1 atom stereocenters. The third-order valence-corrected chi connectivity index (χ3v) is 4.92. The van der Waals surface area contributed by atoms with Crippen LogP contribution in [-0.4, -0.2) is 59.4 Å². The minimum atomic E-state index is -0.956. The van der Waals surface area contributed by atoms with E-state index in [1.807, 2.05) is 6.92 Å². The van der Waals surface area contributed by atoms with Gasteiger partial charge in [0, 0.05) is 12.6 Å². The third-order valence-electron chi connectivity index (χ3n) is 4.92. The van der Waals surface area contributed by atoms with Gasteiger partial charge in [-0.05, 0) is 19.3 Å². The molecule has 2 rings (SSSR count). The van der Waals surface area contributed by atoms with Gasteiger partial charge in [0.05, 0.1) is 13.0 Å². The van der Waals surface area contributed by atoms with E-state index in [1.54, 1.807) is 4.90 Å². The van der Waals surface area contributed by atoms with Crippen molar-refractivity contribution in [3.8, 4) is 0 Å². The highest BCUT2D eigenvalue weighted by molar-refractivity contribution is 5.91. The van der Waals surface area contributed by atoms with Crippen LogP contribution < -0.4 is 10.6 Å². The molecular formula is C17H29N3O5. The lowest BCUT2D eigenvalue weighted by molar-refractivity contribution is -0.138. The Kier molecular flexibility index (Phi) is 7.04. The maximum absolute atomic E-state index is 13.0. The van der Waals surface area contributed by atoms with Crippen LogP contribution in [-0.2, 0) is 14.3 Å². The van der Waals surface area contributed by atoms with Gasteiger partial charge in [-0.1, -0.05) is 32.6 Å². The smallest absolute Gasteiger partial charge is 0.320 e. The number of hydrogen-bond acceptors (Lipinski definition) is 4. The number of carbonyl (C=O) groups is 3. The summed E-state index contributed by atoms with van der Waals surface area (Å²) in [5.41, 5.74) is -0.956. The number of rotatable bonds is 7. The molecule has 0 radical (unpaired) electrons. The molecule has 8 nitrogen and oxygen atoms in total. The fraction of sp³-hybridized carbons (Fsp3) is 0.824. The van der Waals surface area contributed by atoms with Crippen LogP contribution in [0.1, 0.15) is 58.3 Å². The number of ether oxygens (including phenoxy) is 1. The molecule has 3 N–H and O–H groups in total. The number of aliphatic carboxylic acids is 1. The van der Waals surface area contributed by atoms with E-state index in [-0.39, 0.29) is 25.1 Å². The highest BCUT2D eigenvalue weighted by Gasteiger charge is 2.42. The summed E-state index contributed by atoms with van der Waals surface area (Å²) in [5, 5.41) is 14.8. The lowest BCUT2D eigenvalue weighted by Crippen LogP contribution is -2.63. The summed E-state index contributed by atoms with van der Waals surface area (Å²) < 4.78 is 5.20. The van der Waals surface area contributed by atoms with Crippen molar-refractivity contribution in [2.75, 3.05) is 19.9 Å². The second kappa shape index (κ2) is 9.03. The number of hydrogen-bond donors (Lipinski definition) is 3. The van der Waals surface area contributed by atoms with Crippen LogP contribution in [0, 0.1) is 0 Å². The topological polar surface area (TPSA) is 108 Å². The van der Waals surface area contributed by atoms with Gasteiger partial charge in [-0.15, -0.1) is 0 Å². The van der Waals surface area contributed by atoms with Crippen LogP contribution in [0.15, 0.2) is 0 Å². The average molecular weight is 355 g/mol. The predicted molar refractivity (Wildman–Crippen MR) is 91.0 cm³/mol. The molecule has 0 spiro atoms. The quantitative estimate of drug-likeness (QED) is 0.640. The van der Waals surface area contributed by atoms with Crippen LogP contribution in [0.2, 0.25) is 0 Å². The molecule has 2 fully saturated rings. The van der Waals surface area contributed by atoms with Gasteiger partial charge in [0.2, 0.25) is 5.91 Å². The Morgan fingerprint density at radius 2 is 1.96 bits per heavy atom. The number of carboxylic acids is 1.